The Morgan fingerprint density at radius 1 is 0.893 bits per heavy atom. The highest BCUT2D eigenvalue weighted by Crippen LogP contribution is 2.15. The molecule has 1 amide bonds. The number of carbonyl (C=O) groups is 1. The normalized spacial score (nSPS) is 10.7. The predicted octanol–water partition coefficient (Wildman–Crippen LogP) is 3.16. The highest BCUT2D eigenvalue weighted by Gasteiger charge is 2.19. The van der Waals surface area contributed by atoms with E-state index in [0.29, 0.717) is 18.5 Å². The molecule has 0 spiro atoms. The average molecular weight is 370 g/mol. The number of benzene rings is 1. The van der Waals surface area contributed by atoms with Gasteiger partial charge in [-0.15, -0.1) is 0 Å². The number of aromatic nitrogens is 3. The van der Waals surface area contributed by atoms with E-state index in [4.69, 9.17) is 0 Å². The second-order valence-electron chi connectivity index (χ2n) is 6.48. The number of fused-ring (bicyclic) bond motifs is 1. The van der Waals surface area contributed by atoms with Crippen LogP contribution in [0.1, 0.15) is 21.6 Å². The highest BCUT2D eigenvalue weighted by molar-refractivity contribution is 5.96. The summed E-state index contributed by atoms with van der Waals surface area (Å²) in [5, 5.41) is 1.30. The molecule has 3 heterocycles. The number of pyridine rings is 3. The van der Waals surface area contributed by atoms with Gasteiger partial charge in [0.15, 0.2) is 0 Å². The Hall–Kier alpha value is -3.80. The van der Waals surface area contributed by atoms with E-state index in [-0.39, 0.29) is 17.2 Å². The first-order valence-electron chi connectivity index (χ1n) is 8.90. The maximum atomic E-state index is 13.3. The van der Waals surface area contributed by atoms with Gasteiger partial charge in [0, 0.05) is 43.3 Å². The van der Waals surface area contributed by atoms with Crippen molar-refractivity contribution in [3.63, 3.8) is 0 Å². The second-order valence-corrected chi connectivity index (χ2v) is 6.48. The van der Waals surface area contributed by atoms with Crippen molar-refractivity contribution in [2.75, 3.05) is 0 Å². The first-order chi connectivity index (χ1) is 13.7. The molecule has 0 radical (unpaired) electrons. The van der Waals surface area contributed by atoms with Crippen molar-refractivity contribution in [3.8, 4) is 0 Å². The van der Waals surface area contributed by atoms with Crippen LogP contribution in [0, 0.1) is 0 Å². The Morgan fingerprint density at radius 2 is 1.68 bits per heavy atom. The van der Waals surface area contributed by atoms with E-state index in [1.54, 1.807) is 47.9 Å². The SMILES string of the molecule is O=C(c1cc2ccccc2c(=O)[nH]1)N(Cc1ccncc1)Cc1cccnc1. The van der Waals surface area contributed by atoms with E-state index in [1.807, 2.05) is 36.4 Å². The van der Waals surface area contributed by atoms with Gasteiger partial charge in [0.2, 0.25) is 0 Å². The van der Waals surface area contributed by atoms with E-state index >= 15 is 0 Å². The van der Waals surface area contributed by atoms with Crippen LogP contribution in [0.5, 0.6) is 0 Å². The van der Waals surface area contributed by atoms with Crippen molar-refractivity contribution in [3.05, 3.63) is 107 Å². The van der Waals surface area contributed by atoms with Gasteiger partial charge in [-0.2, -0.15) is 0 Å². The molecule has 3 aromatic heterocycles. The molecular weight excluding hydrogens is 352 g/mol. The monoisotopic (exact) mass is 370 g/mol. The Labute approximate surface area is 161 Å². The number of nitrogens with one attached hydrogen (secondary N) is 1. The summed E-state index contributed by atoms with van der Waals surface area (Å²) in [6, 6.07) is 16.4. The minimum absolute atomic E-state index is 0.247. The van der Waals surface area contributed by atoms with Crippen LogP contribution in [-0.4, -0.2) is 25.8 Å². The van der Waals surface area contributed by atoms with Crippen LogP contribution >= 0.6 is 0 Å². The number of hydrogen-bond donors (Lipinski definition) is 1. The summed E-state index contributed by atoms with van der Waals surface area (Å²) in [5.74, 6) is -0.247. The molecule has 28 heavy (non-hydrogen) atoms. The number of rotatable bonds is 5. The molecular formula is C22H18N4O2. The summed E-state index contributed by atoms with van der Waals surface area (Å²) in [6.07, 6.45) is 6.81. The number of nitrogens with zero attached hydrogens (tertiary/aromatic N) is 3. The quantitative estimate of drug-likeness (QED) is 0.585. The third-order valence-corrected chi connectivity index (χ3v) is 4.49. The summed E-state index contributed by atoms with van der Waals surface area (Å²) in [6.45, 7) is 0.773. The third kappa shape index (κ3) is 3.81. The Morgan fingerprint density at radius 3 is 2.46 bits per heavy atom. The minimum atomic E-state index is -0.272. The van der Waals surface area contributed by atoms with Crippen molar-refractivity contribution in [2.24, 2.45) is 0 Å². The topological polar surface area (TPSA) is 79.0 Å². The van der Waals surface area contributed by atoms with Crippen LogP contribution in [0.25, 0.3) is 10.8 Å². The molecule has 1 N–H and O–H groups in total. The summed E-state index contributed by atoms with van der Waals surface area (Å²) in [4.78, 5) is 38.2. The molecule has 0 aliphatic carbocycles. The van der Waals surface area contributed by atoms with E-state index in [9.17, 15) is 9.59 Å². The van der Waals surface area contributed by atoms with Gasteiger partial charge >= 0.3 is 0 Å². The van der Waals surface area contributed by atoms with E-state index in [2.05, 4.69) is 15.0 Å². The van der Waals surface area contributed by atoms with Gasteiger partial charge in [-0.25, -0.2) is 0 Å². The zero-order chi connectivity index (χ0) is 19.3. The molecule has 0 fully saturated rings. The van der Waals surface area contributed by atoms with Gasteiger partial charge in [-0.05, 0) is 46.8 Å². The van der Waals surface area contributed by atoms with Crippen LogP contribution in [-0.2, 0) is 13.1 Å². The van der Waals surface area contributed by atoms with Crippen LogP contribution in [0.15, 0.2) is 84.2 Å². The van der Waals surface area contributed by atoms with Gasteiger partial charge < -0.3 is 9.88 Å². The fourth-order valence-electron chi connectivity index (χ4n) is 3.12. The van der Waals surface area contributed by atoms with Crippen LogP contribution in [0.4, 0.5) is 0 Å². The van der Waals surface area contributed by atoms with E-state index in [1.165, 1.54) is 0 Å². The largest absolute Gasteiger partial charge is 0.329 e. The first kappa shape index (κ1) is 17.6. The Balaban J connectivity index is 1.70. The molecule has 0 saturated carbocycles. The molecule has 0 aliphatic heterocycles. The van der Waals surface area contributed by atoms with Crippen LogP contribution in [0.2, 0.25) is 0 Å². The summed E-state index contributed by atoms with van der Waals surface area (Å²) in [5.41, 5.74) is 1.86. The van der Waals surface area contributed by atoms with Gasteiger partial charge in [-0.1, -0.05) is 24.3 Å². The number of H-pyrrole nitrogens is 1. The fourth-order valence-corrected chi connectivity index (χ4v) is 3.12. The third-order valence-electron chi connectivity index (χ3n) is 4.49. The molecule has 138 valence electrons. The molecule has 0 unspecified atom stereocenters. The maximum Gasteiger partial charge on any atom is 0.270 e. The first-order valence-corrected chi connectivity index (χ1v) is 8.90. The van der Waals surface area contributed by atoms with Gasteiger partial charge in [0.05, 0.1) is 0 Å². The van der Waals surface area contributed by atoms with Crippen molar-refractivity contribution >= 4 is 16.7 Å². The van der Waals surface area contributed by atoms with Gasteiger partial charge in [0.25, 0.3) is 11.5 Å². The molecule has 1 aromatic carbocycles. The van der Waals surface area contributed by atoms with Crippen molar-refractivity contribution in [2.45, 2.75) is 13.1 Å². The Bertz CT molecular complexity index is 1120. The predicted molar refractivity (Wildman–Crippen MR) is 107 cm³/mol. The lowest BCUT2D eigenvalue weighted by molar-refractivity contribution is 0.0724. The smallest absolute Gasteiger partial charge is 0.270 e. The lowest BCUT2D eigenvalue weighted by Crippen LogP contribution is -2.32. The van der Waals surface area contributed by atoms with Crippen LogP contribution in [0.3, 0.4) is 0 Å². The standard InChI is InChI=1S/C22H18N4O2/c27-21-19-6-2-1-5-18(19)12-20(25-21)22(28)26(14-16-7-10-23-11-8-16)15-17-4-3-9-24-13-17/h1-13H,14-15H2,(H,25,27). The minimum Gasteiger partial charge on any atom is -0.329 e. The number of carbonyl (C=O) groups excluding carboxylic acids is 1. The summed E-state index contributed by atoms with van der Waals surface area (Å²) in [7, 11) is 0. The van der Waals surface area contributed by atoms with Crippen molar-refractivity contribution < 1.29 is 4.79 Å². The summed E-state index contributed by atoms with van der Waals surface area (Å²) >= 11 is 0. The lowest BCUT2D eigenvalue weighted by Gasteiger charge is -2.23. The highest BCUT2D eigenvalue weighted by atomic mass is 16.2. The van der Waals surface area contributed by atoms with Gasteiger partial charge in [-0.3, -0.25) is 19.6 Å². The number of amides is 1. The molecule has 6 heteroatoms. The van der Waals surface area contributed by atoms with E-state index in [0.717, 1.165) is 16.5 Å². The van der Waals surface area contributed by atoms with Crippen molar-refractivity contribution in [1.29, 1.82) is 0 Å². The molecule has 4 aromatic rings. The summed E-state index contributed by atoms with van der Waals surface area (Å²) < 4.78 is 0. The molecule has 0 bridgehead atoms. The second kappa shape index (κ2) is 7.84. The zero-order valence-corrected chi connectivity index (χ0v) is 15.1. The van der Waals surface area contributed by atoms with Crippen molar-refractivity contribution in [1.82, 2.24) is 19.9 Å². The van der Waals surface area contributed by atoms with E-state index < -0.39 is 0 Å². The molecule has 0 aliphatic rings. The maximum absolute atomic E-state index is 13.3. The average Bonchev–Trinajstić information content (AvgIpc) is 2.74. The molecule has 4 rings (SSSR count). The van der Waals surface area contributed by atoms with Gasteiger partial charge in [0.1, 0.15) is 5.69 Å². The zero-order valence-electron chi connectivity index (χ0n) is 15.1. The molecule has 6 nitrogen and oxygen atoms in total. The molecule has 0 atom stereocenters. The van der Waals surface area contributed by atoms with Crippen LogP contribution < -0.4 is 5.56 Å². The number of hydrogen-bond acceptors (Lipinski definition) is 4. The fraction of sp³-hybridized carbons (Fsp3) is 0.0909. The number of aromatic amines is 1. The molecule has 0 saturated heterocycles. The lowest BCUT2D eigenvalue weighted by atomic mass is 10.1. The Kier molecular flexibility index (Phi) is 4.93.